The fourth-order valence-electron chi connectivity index (χ4n) is 3.56. The molecule has 0 fully saturated rings. The van der Waals surface area contributed by atoms with Gasteiger partial charge in [0.2, 0.25) is 0 Å². The van der Waals surface area contributed by atoms with Gasteiger partial charge in [0.1, 0.15) is 0 Å². The molecule has 0 bridgehead atoms. The van der Waals surface area contributed by atoms with E-state index in [0.717, 1.165) is 37.1 Å². The minimum absolute atomic E-state index is 0.218. The lowest BCUT2D eigenvalue weighted by Gasteiger charge is -2.34. The first-order valence-corrected chi connectivity index (χ1v) is 12.0. The lowest BCUT2D eigenvalue weighted by molar-refractivity contribution is 0.481. The van der Waals surface area contributed by atoms with E-state index in [1.54, 1.807) is 0 Å². The summed E-state index contributed by atoms with van der Waals surface area (Å²) in [6, 6.07) is 13.0. The molecule has 0 amide bonds. The van der Waals surface area contributed by atoms with Crippen LogP contribution in [0.5, 0.6) is 0 Å². The predicted molar refractivity (Wildman–Crippen MR) is 113 cm³/mol. The summed E-state index contributed by atoms with van der Waals surface area (Å²) in [6.07, 6.45) is 4.66. The number of nitrogens with zero attached hydrogens (tertiary/aromatic N) is 1. The first kappa shape index (κ1) is 20.2. The van der Waals surface area contributed by atoms with Crippen LogP contribution in [0.3, 0.4) is 0 Å². The fraction of sp³-hybridized carbons (Fsp3) is 0.429. The molecule has 6 heteroatoms. The van der Waals surface area contributed by atoms with Gasteiger partial charge in [-0.3, -0.25) is 4.55 Å². The van der Waals surface area contributed by atoms with Gasteiger partial charge in [0.15, 0.2) is 0 Å². The topological polar surface area (TPSA) is 57.6 Å². The fourth-order valence-corrected chi connectivity index (χ4v) is 5.35. The number of rotatable bonds is 8. The van der Waals surface area contributed by atoms with Crippen molar-refractivity contribution in [3.63, 3.8) is 0 Å². The Morgan fingerprint density at radius 1 is 1.04 bits per heavy atom. The Balaban J connectivity index is 1.99. The highest BCUT2D eigenvalue weighted by molar-refractivity contribution is 7.99. The van der Waals surface area contributed by atoms with E-state index >= 15 is 0 Å². The molecule has 1 aliphatic rings. The lowest BCUT2D eigenvalue weighted by Crippen LogP contribution is -2.24. The number of hydrogen-bond donors (Lipinski definition) is 1. The minimum Gasteiger partial charge on any atom is -0.340 e. The maximum atomic E-state index is 11.2. The predicted octanol–water partition coefficient (Wildman–Crippen LogP) is 5.47. The summed E-state index contributed by atoms with van der Waals surface area (Å²) in [5, 5.41) is 0. The van der Waals surface area contributed by atoms with Gasteiger partial charge in [-0.1, -0.05) is 56.7 Å². The number of anilines is 2. The van der Waals surface area contributed by atoms with Gasteiger partial charge < -0.3 is 4.90 Å². The van der Waals surface area contributed by atoms with Crippen molar-refractivity contribution < 1.29 is 13.0 Å². The molecule has 146 valence electrons. The molecule has 0 atom stereocenters. The third-order valence-corrected chi connectivity index (χ3v) is 6.76. The second kappa shape index (κ2) is 8.67. The Bertz CT molecular complexity index is 910. The van der Waals surface area contributed by atoms with Crippen molar-refractivity contribution in [3.8, 4) is 0 Å². The molecule has 0 saturated heterocycles. The zero-order valence-electron chi connectivity index (χ0n) is 15.9. The van der Waals surface area contributed by atoms with Crippen LogP contribution in [0.1, 0.15) is 44.2 Å². The van der Waals surface area contributed by atoms with E-state index in [4.69, 9.17) is 4.55 Å². The van der Waals surface area contributed by atoms with Gasteiger partial charge >= 0.3 is 0 Å². The van der Waals surface area contributed by atoms with Crippen LogP contribution in [0.4, 0.5) is 11.4 Å². The SMILES string of the molecule is CCCc1ccc2c(c1)Sc1c(CCC)cccc1N2CCCS(=O)(=O)O. The average molecular weight is 406 g/mol. The highest BCUT2D eigenvalue weighted by Crippen LogP contribution is 2.50. The van der Waals surface area contributed by atoms with Crippen LogP contribution in [0.2, 0.25) is 0 Å². The van der Waals surface area contributed by atoms with Crippen LogP contribution < -0.4 is 4.90 Å². The summed E-state index contributed by atoms with van der Waals surface area (Å²) in [4.78, 5) is 4.71. The summed E-state index contributed by atoms with van der Waals surface area (Å²) in [5.41, 5.74) is 4.93. The Morgan fingerprint density at radius 2 is 1.81 bits per heavy atom. The van der Waals surface area contributed by atoms with Gasteiger partial charge in [0.05, 0.1) is 17.1 Å². The quantitative estimate of drug-likeness (QED) is 0.590. The van der Waals surface area contributed by atoms with Gasteiger partial charge in [-0.25, -0.2) is 0 Å². The third kappa shape index (κ3) is 4.86. The first-order chi connectivity index (χ1) is 12.9. The molecule has 0 saturated carbocycles. The van der Waals surface area contributed by atoms with Gasteiger partial charge in [-0.2, -0.15) is 8.42 Å². The molecule has 0 aromatic heterocycles. The van der Waals surface area contributed by atoms with Crippen molar-refractivity contribution in [2.24, 2.45) is 0 Å². The molecule has 2 aromatic carbocycles. The van der Waals surface area contributed by atoms with Crippen LogP contribution in [0.25, 0.3) is 0 Å². The number of fused-ring (bicyclic) bond motifs is 2. The van der Waals surface area contributed by atoms with E-state index < -0.39 is 10.1 Å². The Morgan fingerprint density at radius 3 is 2.52 bits per heavy atom. The van der Waals surface area contributed by atoms with E-state index in [0.29, 0.717) is 13.0 Å². The van der Waals surface area contributed by atoms with Crippen LogP contribution >= 0.6 is 11.8 Å². The van der Waals surface area contributed by atoms with E-state index in [-0.39, 0.29) is 5.75 Å². The molecular weight excluding hydrogens is 378 g/mol. The third-order valence-electron chi connectivity index (χ3n) is 4.74. The minimum atomic E-state index is -3.94. The molecule has 1 heterocycles. The average Bonchev–Trinajstić information content (AvgIpc) is 2.61. The molecular formula is C21H27NO3S2. The number of hydrogen-bond acceptors (Lipinski definition) is 4. The van der Waals surface area contributed by atoms with Gasteiger partial charge in [0, 0.05) is 16.3 Å². The summed E-state index contributed by atoms with van der Waals surface area (Å²) in [5.74, 6) is -0.218. The van der Waals surface area contributed by atoms with E-state index in [1.165, 1.54) is 20.9 Å². The molecule has 4 nitrogen and oxygen atoms in total. The van der Waals surface area contributed by atoms with Crippen LogP contribution in [-0.2, 0) is 23.0 Å². The zero-order chi connectivity index (χ0) is 19.4. The van der Waals surface area contributed by atoms with Crippen molar-refractivity contribution in [1.82, 2.24) is 0 Å². The highest BCUT2D eigenvalue weighted by atomic mass is 32.2. The van der Waals surface area contributed by atoms with Crippen molar-refractivity contribution in [1.29, 1.82) is 0 Å². The molecule has 0 radical (unpaired) electrons. The van der Waals surface area contributed by atoms with Crippen molar-refractivity contribution in [2.75, 3.05) is 17.2 Å². The molecule has 1 aliphatic heterocycles. The summed E-state index contributed by atoms with van der Waals surface area (Å²) in [7, 11) is -3.94. The molecule has 27 heavy (non-hydrogen) atoms. The van der Waals surface area contributed by atoms with E-state index in [9.17, 15) is 8.42 Å². The molecule has 0 spiro atoms. The first-order valence-electron chi connectivity index (χ1n) is 9.58. The van der Waals surface area contributed by atoms with Gasteiger partial charge in [0.25, 0.3) is 10.1 Å². The van der Waals surface area contributed by atoms with E-state index in [1.807, 2.05) is 11.8 Å². The number of aryl methyl sites for hydroxylation is 2. The van der Waals surface area contributed by atoms with Gasteiger partial charge in [-0.15, -0.1) is 0 Å². The lowest BCUT2D eigenvalue weighted by atomic mass is 10.1. The molecule has 2 aromatic rings. The Kier molecular flexibility index (Phi) is 6.50. The second-order valence-corrected chi connectivity index (χ2v) is 9.59. The maximum absolute atomic E-state index is 11.2. The van der Waals surface area contributed by atoms with Gasteiger partial charge in [-0.05, 0) is 48.6 Å². The Hall–Kier alpha value is -1.50. The normalized spacial score (nSPS) is 13.4. The molecule has 0 aliphatic carbocycles. The molecule has 0 unspecified atom stereocenters. The van der Waals surface area contributed by atoms with Crippen LogP contribution in [-0.4, -0.2) is 25.3 Å². The van der Waals surface area contributed by atoms with Crippen molar-refractivity contribution >= 4 is 33.3 Å². The Labute approximate surface area is 166 Å². The summed E-state index contributed by atoms with van der Waals surface area (Å²) < 4.78 is 31.4. The monoisotopic (exact) mass is 405 g/mol. The zero-order valence-corrected chi connectivity index (χ0v) is 17.6. The summed E-state index contributed by atoms with van der Waals surface area (Å²) >= 11 is 1.82. The van der Waals surface area contributed by atoms with Crippen molar-refractivity contribution in [2.45, 2.75) is 55.7 Å². The maximum Gasteiger partial charge on any atom is 0.264 e. The second-order valence-electron chi connectivity index (χ2n) is 6.96. The molecule has 1 N–H and O–H groups in total. The number of benzene rings is 2. The molecule has 3 rings (SSSR count). The smallest absolute Gasteiger partial charge is 0.264 e. The highest BCUT2D eigenvalue weighted by Gasteiger charge is 2.25. The van der Waals surface area contributed by atoms with Crippen LogP contribution in [0.15, 0.2) is 46.2 Å². The van der Waals surface area contributed by atoms with Crippen molar-refractivity contribution in [3.05, 3.63) is 47.5 Å². The largest absolute Gasteiger partial charge is 0.340 e. The standard InChI is InChI=1S/C21H27NO3S2/c1-3-7-16-11-12-18-20(15-16)26-21-17(8-4-2)9-5-10-19(21)22(18)13-6-14-27(23,24)25/h5,9-12,15H,3-4,6-8,13-14H2,1-2H3,(H,23,24,25). The summed E-state index contributed by atoms with van der Waals surface area (Å²) in [6.45, 7) is 4.93. The van der Waals surface area contributed by atoms with E-state index in [2.05, 4.69) is 55.1 Å². The van der Waals surface area contributed by atoms with Crippen LogP contribution in [0, 0.1) is 0 Å².